The lowest BCUT2D eigenvalue weighted by atomic mass is 10.1. The minimum Gasteiger partial charge on any atom is -0.308 e. The maximum Gasteiger partial charge on any atom is 0.243 e. The maximum absolute atomic E-state index is 11.0. The largest absolute Gasteiger partial charge is 0.308 e. The van der Waals surface area contributed by atoms with Crippen LogP contribution in [0.5, 0.6) is 0 Å². The fourth-order valence-corrected chi connectivity index (χ4v) is 2.91. The van der Waals surface area contributed by atoms with Gasteiger partial charge in [0.1, 0.15) is 17.4 Å². The zero-order chi connectivity index (χ0) is 19.1. The summed E-state index contributed by atoms with van der Waals surface area (Å²) in [5, 5.41) is 12.8. The van der Waals surface area contributed by atoms with Crippen LogP contribution in [0, 0.1) is 0 Å². The van der Waals surface area contributed by atoms with Crippen molar-refractivity contribution in [2.45, 2.75) is 32.1 Å². The first-order chi connectivity index (χ1) is 13.2. The van der Waals surface area contributed by atoms with Gasteiger partial charge in [0.2, 0.25) is 5.91 Å². The summed E-state index contributed by atoms with van der Waals surface area (Å²) in [5.41, 5.74) is 3.26. The fourth-order valence-electron chi connectivity index (χ4n) is 2.91. The number of carbonyl (C=O) groups is 1. The molecule has 3 rings (SSSR count). The van der Waals surface area contributed by atoms with E-state index < -0.39 is 0 Å². The van der Waals surface area contributed by atoms with Gasteiger partial charge < -0.3 is 4.90 Å². The van der Waals surface area contributed by atoms with E-state index in [1.807, 2.05) is 11.9 Å². The van der Waals surface area contributed by atoms with Crippen molar-refractivity contribution < 1.29 is 10.0 Å². The molecule has 0 bridgehead atoms. The van der Waals surface area contributed by atoms with E-state index >= 15 is 0 Å². The highest BCUT2D eigenvalue weighted by atomic mass is 16.5. The minimum atomic E-state index is -0.351. The van der Waals surface area contributed by atoms with E-state index in [0.29, 0.717) is 18.8 Å². The van der Waals surface area contributed by atoms with Gasteiger partial charge in [-0.15, -0.1) is 0 Å². The monoisotopic (exact) mass is 370 g/mol. The standard InChI is InChI=1S/C17H22N8O2/c1-24-16-13(10-22-24)20-12-21-17(16)25(14-11-18-7-8-19-14)9-5-3-2-4-6-15(26)23-27/h7-8,10-12,27H,2-6,9H2,1H3,(H,23,26). The van der Waals surface area contributed by atoms with E-state index in [2.05, 4.69) is 25.0 Å². The zero-order valence-corrected chi connectivity index (χ0v) is 15.1. The van der Waals surface area contributed by atoms with Crippen molar-refractivity contribution in [2.24, 2.45) is 7.05 Å². The van der Waals surface area contributed by atoms with Crippen LogP contribution >= 0.6 is 0 Å². The number of hydroxylamine groups is 1. The Bertz CT molecular complexity index is 883. The third kappa shape index (κ3) is 4.53. The number of amides is 1. The summed E-state index contributed by atoms with van der Waals surface area (Å²) in [6, 6.07) is 0. The second-order valence-corrected chi connectivity index (χ2v) is 6.11. The molecule has 0 aliphatic heterocycles. The summed E-state index contributed by atoms with van der Waals surface area (Å²) in [6.45, 7) is 0.697. The second kappa shape index (κ2) is 8.99. The van der Waals surface area contributed by atoms with Crippen LogP contribution in [0.15, 0.2) is 31.1 Å². The second-order valence-electron chi connectivity index (χ2n) is 6.11. The van der Waals surface area contributed by atoms with Gasteiger partial charge >= 0.3 is 0 Å². The molecule has 10 heteroatoms. The molecule has 0 aromatic carbocycles. The molecular formula is C17H22N8O2. The molecule has 2 N–H and O–H groups in total. The average molecular weight is 370 g/mol. The first-order valence-electron chi connectivity index (χ1n) is 8.80. The summed E-state index contributed by atoms with van der Waals surface area (Å²) in [4.78, 5) is 30.4. The van der Waals surface area contributed by atoms with Gasteiger partial charge in [0.05, 0.1) is 12.4 Å². The first kappa shape index (κ1) is 18.6. The predicted molar refractivity (Wildman–Crippen MR) is 98.4 cm³/mol. The van der Waals surface area contributed by atoms with Gasteiger partial charge in [-0.3, -0.25) is 19.7 Å². The van der Waals surface area contributed by atoms with E-state index in [4.69, 9.17) is 5.21 Å². The molecule has 0 saturated carbocycles. The van der Waals surface area contributed by atoms with E-state index in [1.165, 1.54) is 6.33 Å². The van der Waals surface area contributed by atoms with E-state index in [9.17, 15) is 4.79 Å². The summed E-state index contributed by atoms with van der Waals surface area (Å²) in [6.07, 6.45) is 12.0. The number of rotatable bonds is 9. The number of nitrogens with one attached hydrogen (secondary N) is 1. The van der Waals surface area contributed by atoms with Crippen molar-refractivity contribution >= 4 is 28.6 Å². The molecule has 0 atom stereocenters. The molecule has 3 heterocycles. The first-order valence-corrected chi connectivity index (χ1v) is 8.80. The van der Waals surface area contributed by atoms with Crippen LogP contribution in [-0.2, 0) is 11.8 Å². The van der Waals surface area contributed by atoms with Crippen molar-refractivity contribution in [3.05, 3.63) is 31.1 Å². The normalized spacial score (nSPS) is 10.9. The Kier molecular flexibility index (Phi) is 6.21. The van der Waals surface area contributed by atoms with E-state index in [1.54, 1.807) is 34.9 Å². The van der Waals surface area contributed by atoms with Gasteiger partial charge in [-0.25, -0.2) is 20.4 Å². The van der Waals surface area contributed by atoms with Crippen molar-refractivity contribution in [1.29, 1.82) is 0 Å². The lowest BCUT2D eigenvalue weighted by molar-refractivity contribution is -0.129. The number of aromatic nitrogens is 6. The molecule has 0 aliphatic carbocycles. The Morgan fingerprint density at radius 3 is 2.78 bits per heavy atom. The van der Waals surface area contributed by atoms with Crippen molar-refractivity contribution in [2.75, 3.05) is 11.4 Å². The zero-order valence-electron chi connectivity index (χ0n) is 15.1. The number of aryl methyl sites for hydroxylation is 1. The highest BCUT2D eigenvalue weighted by Crippen LogP contribution is 2.27. The lowest BCUT2D eigenvalue weighted by Crippen LogP contribution is -2.22. The number of unbranched alkanes of at least 4 members (excludes halogenated alkanes) is 3. The number of nitrogens with zero attached hydrogens (tertiary/aromatic N) is 7. The van der Waals surface area contributed by atoms with Crippen LogP contribution in [0.1, 0.15) is 32.1 Å². The topological polar surface area (TPSA) is 122 Å². The van der Waals surface area contributed by atoms with Crippen LogP contribution in [0.4, 0.5) is 11.6 Å². The highest BCUT2D eigenvalue weighted by molar-refractivity contribution is 5.87. The number of hydrogen-bond acceptors (Lipinski definition) is 8. The number of fused-ring (bicyclic) bond motifs is 1. The Morgan fingerprint density at radius 1 is 1.15 bits per heavy atom. The molecule has 0 saturated heterocycles. The van der Waals surface area contributed by atoms with Crippen LogP contribution in [0.3, 0.4) is 0 Å². The third-order valence-corrected chi connectivity index (χ3v) is 4.25. The van der Waals surface area contributed by atoms with Gasteiger partial charge in [-0.1, -0.05) is 12.8 Å². The molecule has 3 aromatic rings. The molecule has 1 amide bonds. The summed E-state index contributed by atoms with van der Waals surface area (Å²) < 4.78 is 1.75. The molecule has 0 radical (unpaired) electrons. The number of anilines is 2. The van der Waals surface area contributed by atoms with Crippen molar-refractivity contribution in [1.82, 2.24) is 35.2 Å². The maximum atomic E-state index is 11.0. The predicted octanol–water partition coefficient (Wildman–Crippen LogP) is 1.75. The van der Waals surface area contributed by atoms with Gasteiger partial charge in [0.25, 0.3) is 0 Å². The summed E-state index contributed by atoms with van der Waals surface area (Å²) in [7, 11) is 1.86. The van der Waals surface area contributed by atoms with E-state index in [-0.39, 0.29) is 5.91 Å². The average Bonchev–Trinajstić information content (AvgIpc) is 3.09. The van der Waals surface area contributed by atoms with Crippen molar-refractivity contribution in [3.8, 4) is 0 Å². The molecule has 0 fully saturated rings. The Hall–Kier alpha value is -3.14. The Balaban J connectivity index is 1.73. The quantitative estimate of drug-likeness (QED) is 0.332. The van der Waals surface area contributed by atoms with Crippen LogP contribution < -0.4 is 10.4 Å². The van der Waals surface area contributed by atoms with Gasteiger partial charge in [0.15, 0.2) is 11.6 Å². The van der Waals surface area contributed by atoms with Gasteiger partial charge in [0, 0.05) is 32.4 Å². The molecule has 27 heavy (non-hydrogen) atoms. The summed E-state index contributed by atoms with van der Waals surface area (Å²) >= 11 is 0. The van der Waals surface area contributed by atoms with Crippen LogP contribution in [0.25, 0.3) is 11.0 Å². The molecular weight excluding hydrogens is 348 g/mol. The number of carbonyl (C=O) groups excluding carboxylic acids is 1. The smallest absolute Gasteiger partial charge is 0.243 e. The van der Waals surface area contributed by atoms with E-state index in [0.717, 1.165) is 42.5 Å². The molecule has 10 nitrogen and oxygen atoms in total. The SMILES string of the molecule is Cn1ncc2ncnc(N(CCCCCCC(=O)NO)c3cnccn3)c21. The lowest BCUT2D eigenvalue weighted by Gasteiger charge is -2.23. The highest BCUT2D eigenvalue weighted by Gasteiger charge is 2.18. The van der Waals surface area contributed by atoms with Crippen LogP contribution in [0.2, 0.25) is 0 Å². The fraction of sp³-hybridized carbons (Fsp3) is 0.412. The molecule has 3 aromatic heterocycles. The summed E-state index contributed by atoms with van der Waals surface area (Å²) in [5.74, 6) is 1.09. The Labute approximate surface area is 156 Å². The molecule has 0 unspecified atom stereocenters. The minimum absolute atomic E-state index is 0.325. The molecule has 142 valence electrons. The molecule has 0 spiro atoms. The van der Waals surface area contributed by atoms with Crippen molar-refractivity contribution in [3.63, 3.8) is 0 Å². The van der Waals surface area contributed by atoms with Crippen LogP contribution in [-0.4, -0.2) is 47.4 Å². The third-order valence-electron chi connectivity index (χ3n) is 4.25. The van der Waals surface area contributed by atoms with Gasteiger partial charge in [-0.05, 0) is 12.8 Å². The van der Waals surface area contributed by atoms with Gasteiger partial charge in [-0.2, -0.15) is 5.10 Å². The molecule has 0 aliphatic rings. The number of hydrogen-bond donors (Lipinski definition) is 2. The Morgan fingerprint density at radius 2 is 2.00 bits per heavy atom.